The summed E-state index contributed by atoms with van der Waals surface area (Å²) in [6.07, 6.45) is 1.75. The summed E-state index contributed by atoms with van der Waals surface area (Å²) >= 11 is 0. The molecule has 0 spiro atoms. The number of aryl methyl sites for hydroxylation is 1. The predicted octanol–water partition coefficient (Wildman–Crippen LogP) is 1.50. The van der Waals surface area contributed by atoms with E-state index < -0.39 is 0 Å². The van der Waals surface area contributed by atoms with Gasteiger partial charge in [-0.2, -0.15) is 0 Å². The molecule has 4 nitrogen and oxygen atoms in total. The SMILES string of the molecule is CC(N)c1ccccc1-c1cnnn1C. The fourth-order valence-electron chi connectivity index (χ4n) is 1.66. The molecule has 0 aliphatic heterocycles. The molecule has 2 N–H and O–H groups in total. The molecule has 2 rings (SSSR count). The van der Waals surface area contributed by atoms with Gasteiger partial charge < -0.3 is 5.73 Å². The fourth-order valence-corrected chi connectivity index (χ4v) is 1.66. The molecule has 1 heterocycles. The monoisotopic (exact) mass is 202 g/mol. The summed E-state index contributed by atoms with van der Waals surface area (Å²) in [6.45, 7) is 1.97. The van der Waals surface area contributed by atoms with Crippen LogP contribution in [0.1, 0.15) is 18.5 Å². The first kappa shape index (κ1) is 9.86. The van der Waals surface area contributed by atoms with Crippen molar-refractivity contribution >= 4 is 0 Å². The molecule has 0 bridgehead atoms. The number of benzene rings is 1. The van der Waals surface area contributed by atoms with Crippen LogP contribution in [0.2, 0.25) is 0 Å². The molecule has 4 heteroatoms. The van der Waals surface area contributed by atoms with Crippen LogP contribution in [0.4, 0.5) is 0 Å². The van der Waals surface area contributed by atoms with Crippen molar-refractivity contribution in [2.24, 2.45) is 12.8 Å². The van der Waals surface area contributed by atoms with Crippen molar-refractivity contribution in [1.82, 2.24) is 15.0 Å². The van der Waals surface area contributed by atoms with Gasteiger partial charge in [-0.15, -0.1) is 5.10 Å². The highest BCUT2D eigenvalue weighted by molar-refractivity contribution is 5.63. The lowest BCUT2D eigenvalue weighted by atomic mass is 10.00. The van der Waals surface area contributed by atoms with Gasteiger partial charge in [0.25, 0.3) is 0 Å². The summed E-state index contributed by atoms with van der Waals surface area (Å²) in [4.78, 5) is 0. The van der Waals surface area contributed by atoms with Gasteiger partial charge in [0.2, 0.25) is 0 Å². The van der Waals surface area contributed by atoms with Crippen LogP contribution in [0, 0.1) is 0 Å². The molecule has 0 aliphatic rings. The molecule has 15 heavy (non-hydrogen) atoms. The van der Waals surface area contributed by atoms with E-state index in [1.165, 1.54) is 0 Å². The second kappa shape index (κ2) is 3.82. The third kappa shape index (κ3) is 1.76. The number of rotatable bonds is 2. The Morgan fingerprint density at radius 1 is 1.33 bits per heavy atom. The summed E-state index contributed by atoms with van der Waals surface area (Å²) in [5.41, 5.74) is 9.12. The first-order valence-corrected chi connectivity index (χ1v) is 4.89. The van der Waals surface area contributed by atoms with E-state index in [-0.39, 0.29) is 6.04 Å². The first-order chi connectivity index (χ1) is 7.20. The number of hydrogen-bond acceptors (Lipinski definition) is 3. The van der Waals surface area contributed by atoms with Crippen molar-refractivity contribution in [2.75, 3.05) is 0 Å². The van der Waals surface area contributed by atoms with E-state index in [2.05, 4.69) is 10.3 Å². The van der Waals surface area contributed by atoms with Crippen LogP contribution in [0.15, 0.2) is 30.5 Å². The van der Waals surface area contributed by atoms with E-state index in [1.807, 2.05) is 38.2 Å². The Morgan fingerprint density at radius 2 is 2.07 bits per heavy atom. The molecule has 0 amide bonds. The highest BCUT2D eigenvalue weighted by Crippen LogP contribution is 2.25. The van der Waals surface area contributed by atoms with E-state index in [1.54, 1.807) is 10.9 Å². The Hall–Kier alpha value is -1.68. The molecule has 2 aromatic rings. The van der Waals surface area contributed by atoms with Gasteiger partial charge in [-0.1, -0.05) is 29.5 Å². The molecule has 0 saturated heterocycles. The van der Waals surface area contributed by atoms with Crippen molar-refractivity contribution in [3.8, 4) is 11.3 Å². The van der Waals surface area contributed by atoms with Gasteiger partial charge in [-0.05, 0) is 12.5 Å². The van der Waals surface area contributed by atoms with E-state index >= 15 is 0 Å². The Morgan fingerprint density at radius 3 is 2.67 bits per heavy atom. The van der Waals surface area contributed by atoms with E-state index in [9.17, 15) is 0 Å². The minimum absolute atomic E-state index is 0.0103. The minimum atomic E-state index is 0.0103. The molecule has 1 unspecified atom stereocenters. The number of nitrogens with two attached hydrogens (primary N) is 1. The maximum atomic E-state index is 5.92. The second-order valence-electron chi connectivity index (χ2n) is 3.62. The van der Waals surface area contributed by atoms with Crippen molar-refractivity contribution in [3.05, 3.63) is 36.0 Å². The molecular weight excluding hydrogens is 188 g/mol. The van der Waals surface area contributed by atoms with Crippen LogP contribution in [0.3, 0.4) is 0 Å². The molecule has 1 aromatic heterocycles. The van der Waals surface area contributed by atoms with Crippen molar-refractivity contribution in [2.45, 2.75) is 13.0 Å². The lowest BCUT2D eigenvalue weighted by Gasteiger charge is -2.11. The zero-order valence-corrected chi connectivity index (χ0v) is 8.88. The summed E-state index contributed by atoms with van der Waals surface area (Å²) in [6, 6.07) is 8.07. The zero-order chi connectivity index (χ0) is 10.8. The number of aromatic nitrogens is 3. The largest absolute Gasteiger partial charge is 0.324 e. The molecule has 1 atom stereocenters. The van der Waals surface area contributed by atoms with Crippen LogP contribution in [0.25, 0.3) is 11.3 Å². The van der Waals surface area contributed by atoms with Crippen LogP contribution in [-0.4, -0.2) is 15.0 Å². The fraction of sp³-hybridized carbons (Fsp3) is 0.273. The number of hydrogen-bond donors (Lipinski definition) is 1. The molecule has 0 aliphatic carbocycles. The highest BCUT2D eigenvalue weighted by Gasteiger charge is 2.10. The van der Waals surface area contributed by atoms with Gasteiger partial charge in [0.15, 0.2) is 0 Å². The summed E-state index contributed by atoms with van der Waals surface area (Å²) in [7, 11) is 1.88. The van der Waals surface area contributed by atoms with E-state index in [0.29, 0.717) is 0 Å². The van der Waals surface area contributed by atoms with E-state index in [0.717, 1.165) is 16.8 Å². The quantitative estimate of drug-likeness (QED) is 0.803. The smallest absolute Gasteiger partial charge is 0.0885 e. The molecule has 1 aromatic carbocycles. The standard InChI is InChI=1S/C11H14N4/c1-8(12)9-5-3-4-6-10(9)11-7-13-14-15(11)2/h3-8H,12H2,1-2H3. The molecule has 0 radical (unpaired) electrons. The van der Waals surface area contributed by atoms with Crippen LogP contribution in [0.5, 0.6) is 0 Å². The van der Waals surface area contributed by atoms with E-state index in [4.69, 9.17) is 5.73 Å². The minimum Gasteiger partial charge on any atom is -0.324 e. The summed E-state index contributed by atoms with van der Waals surface area (Å²) in [5.74, 6) is 0. The predicted molar refractivity (Wildman–Crippen MR) is 59.0 cm³/mol. The average Bonchev–Trinajstić information content (AvgIpc) is 2.64. The lowest BCUT2D eigenvalue weighted by molar-refractivity contribution is 0.718. The maximum absolute atomic E-state index is 5.92. The van der Waals surface area contributed by atoms with Crippen LogP contribution >= 0.6 is 0 Å². The zero-order valence-electron chi connectivity index (χ0n) is 8.88. The molecule has 78 valence electrons. The topological polar surface area (TPSA) is 56.7 Å². The normalized spacial score (nSPS) is 12.7. The Labute approximate surface area is 88.7 Å². The van der Waals surface area contributed by atoms with Gasteiger partial charge in [-0.3, -0.25) is 0 Å². The Bertz CT molecular complexity index is 459. The lowest BCUT2D eigenvalue weighted by Crippen LogP contribution is -2.07. The van der Waals surface area contributed by atoms with Gasteiger partial charge in [0.05, 0.1) is 11.9 Å². The second-order valence-corrected chi connectivity index (χ2v) is 3.62. The van der Waals surface area contributed by atoms with Gasteiger partial charge in [-0.25, -0.2) is 4.68 Å². The van der Waals surface area contributed by atoms with Crippen LogP contribution < -0.4 is 5.73 Å². The first-order valence-electron chi connectivity index (χ1n) is 4.89. The molecule has 0 saturated carbocycles. The van der Waals surface area contributed by atoms with Crippen molar-refractivity contribution in [3.63, 3.8) is 0 Å². The third-order valence-electron chi connectivity index (χ3n) is 2.44. The molecule has 0 fully saturated rings. The Kier molecular flexibility index (Phi) is 2.51. The maximum Gasteiger partial charge on any atom is 0.0885 e. The Balaban J connectivity index is 2.58. The van der Waals surface area contributed by atoms with Gasteiger partial charge in [0, 0.05) is 18.7 Å². The highest BCUT2D eigenvalue weighted by atomic mass is 15.4. The van der Waals surface area contributed by atoms with Crippen LogP contribution in [-0.2, 0) is 7.05 Å². The summed E-state index contributed by atoms with van der Waals surface area (Å²) < 4.78 is 1.75. The third-order valence-corrected chi connectivity index (χ3v) is 2.44. The van der Waals surface area contributed by atoms with Gasteiger partial charge in [0.1, 0.15) is 0 Å². The van der Waals surface area contributed by atoms with Crippen molar-refractivity contribution in [1.29, 1.82) is 0 Å². The van der Waals surface area contributed by atoms with Crippen molar-refractivity contribution < 1.29 is 0 Å². The molecular formula is C11H14N4. The van der Waals surface area contributed by atoms with Gasteiger partial charge >= 0.3 is 0 Å². The average molecular weight is 202 g/mol. The summed E-state index contributed by atoms with van der Waals surface area (Å²) in [5, 5.41) is 7.79. The number of nitrogens with zero attached hydrogens (tertiary/aromatic N) is 3.